The molecule has 4 aromatic rings. The van der Waals surface area contributed by atoms with Gasteiger partial charge in [0.05, 0.1) is 12.6 Å². The first kappa shape index (κ1) is 16.5. The summed E-state index contributed by atoms with van der Waals surface area (Å²) < 4.78 is 21.5. The number of halogens is 2. The smallest absolute Gasteiger partial charge is 0.273 e. The number of para-hydroxylation sites is 1. The molecule has 6 nitrogen and oxygen atoms in total. The summed E-state index contributed by atoms with van der Waals surface area (Å²) in [6, 6.07) is 13.2. The molecular formula is C18H12BrFN4O2. The van der Waals surface area contributed by atoms with Gasteiger partial charge < -0.3 is 4.74 Å². The number of hydrogen-bond donors (Lipinski definition) is 1. The van der Waals surface area contributed by atoms with E-state index in [4.69, 9.17) is 4.74 Å². The Morgan fingerprint density at radius 2 is 1.96 bits per heavy atom. The van der Waals surface area contributed by atoms with Gasteiger partial charge in [-0.3, -0.25) is 9.89 Å². The maximum atomic E-state index is 14.4. The summed E-state index contributed by atoms with van der Waals surface area (Å²) >= 11 is 3.39. The van der Waals surface area contributed by atoms with Gasteiger partial charge in [0.15, 0.2) is 5.82 Å². The van der Waals surface area contributed by atoms with E-state index in [1.807, 2.05) is 24.3 Å². The highest BCUT2D eigenvalue weighted by Crippen LogP contribution is 2.27. The lowest BCUT2D eigenvalue weighted by Gasteiger charge is -2.10. The van der Waals surface area contributed by atoms with Gasteiger partial charge in [-0.25, -0.2) is 4.39 Å². The molecule has 2 aromatic heterocycles. The van der Waals surface area contributed by atoms with Crippen LogP contribution in [0.3, 0.4) is 0 Å². The van der Waals surface area contributed by atoms with Crippen molar-refractivity contribution in [3.05, 3.63) is 69.2 Å². The molecule has 0 saturated heterocycles. The van der Waals surface area contributed by atoms with Gasteiger partial charge in [0.2, 0.25) is 0 Å². The van der Waals surface area contributed by atoms with Gasteiger partial charge in [-0.2, -0.15) is 14.9 Å². The highest BCUT2D eigenvalue weighted by atomic mass is 79.9. The molecule has 26 heavy (non-hydrogen) atoms. The van der Waals surface area contributed by atoms with Crippen LogP contribution in [0.4, 0.5) is 4.39 Å². The Morgan fingerprint density at radius 3 is 2.69 bits per heavy atom. The van der Waals surface area contributed by atoms with Crippen LogP contribution in [0, 0.1) is 5.82 Å². The summed E-state index contributed by atoms with van der Waals surface area (Å²) in [6.45, 7) is 0. The molecule has 8 heteroatoms. The summed E-state index contributed by atoms with van der Waals surface area (Å²) in [5.41, 5.74) is 1.78. The van der Waals surface area contributed by atoms with Gasteiger partial charge in [0.1, 0.15) is 22.6 Å². The van der Waals surface area contributed by atoms with E-state index >= 15 is 0 Å². The fraction of sp³-hybridized carbons (Fsp3) is 0.0556. The van der Waals surface area contributed by atoms with E-state index in [1.165, 1.54) is 25.3 Å². The van der Waals surface area contributed by atoms with Gasteiger partial charge in [-0.15, -0.1) is 0 Å². The minimum Gasteiger partial charge on any atom is -0.494 e. The third kappa shape index (κ3) is 2.68. The lowest BCUT2D eigenvalue weighted by molar-refractivity contribution is 0.406. The van der Waals surface area contributed by atoms with Crippen molar-refractivity contribution in [1.82, 2.24) is 20.0 Å². The molecule has 0 bridgehead atoms. The molecule has 130 valence electrons. The highest BCUT2D eigenvalue weighted by Gasteiger charge is 2.18. The van der Waals surface area contributed by atoms with Crippen LogP contribution in [-0.2, 0) is 0 Å². The van der Waals surface area contributed by atoms with E-state index in [0.29, 0.717) is 16.7 Å². The Morgan fingerprint density at radius 1 is 1.19 bits per heavy atom. The van der Waals surface area contributed by atoms with E-state index in [1.54, 1.807) is 6.07 Å². The second kappa shape index (κ2) is 6.38. The zero-order valence-electron chi connectivity index (χ0n) is 13.5. The SMILES string of the molecule is COc1cccc(F)c1-n1nc2c(-c3ccc(Br)cc3)n[nH]c2cc1=O. The lowest BCUT2D eigenvalue weighted by atomic mass is 10.1. The van der Waals surface area contributed by atoms with Gasteiger partial charge in [0, 0.05) is 16.1 Å². The molecule has 0 aliphatic heterocycles. The summed E-state index contributed by atoms with van der Waals surface area (Å²) in [5.74, 6) is -0.389. The Bertz CT molecular complexity index is 1170. The van der Waals surface area contributed by atoms with Gasteiger partial charge in [-0.05, 0) is 24.3 Å². The minimum atomic E-state index is -0.605. The van der Waals surface area contributed by atoms with Crippen LogP contribution < -0.4 is 10.3 Å². The number of methoxy groups -OCH3 is 1. The predicted molar refractivity (Wildman–Crippen MR) is 99.1 cm³/mol. The van der Waals surface area contributed by atoms with Crippen LogP contribution in [0.5, 0.6) is 5.75 Å². The molecular weight excluding hydrogens is 403 g/mol. The van der Waals surface area contributed by atoms with E-state index in [2.05, 4.69) is 31.2 Å². The normalized spacial score (nSPS) is 11.0. The van der Waals surface area contributed by atoms with Crippen molar-refractivity contribution in [1.29, 1.82) is 0 Å². The monoisotopic (exact) mass is 414 g/mol. The Kier molecular flexibility index (Phi) is 4.04. The standard InChI is InChI=1S/C18H12BrFN4O2/c1-26-14-4-2-3-12(20)18(14)24-15(25)9-13-17(23-24)16(22-21-13)10-5-7-11(19)8-6-10/h2-9,21H,1H3. The maximum absolute atomic E-state index is 14.4. The first-order valence-corrected chi connectivity index (χ1v) is 8.45. The van der Waals surface area contributed by atoms with Gasteiger partial charge >= 0.3 is 0 Å². The average Bonchev–Trinajstić information content (AvgIpc) is 3.04. The first-order chi connectivity index (χ1) is 12.6. The number of nitrogens with zero attached hydrogens (tertiary/aromatic N) is 3. The quantitative estimate of drug-likeness (QED) is 0.554. The third-order valence-electron chi connectivity index (χ3n) is 3.94. The zero-order valence-corrected chi connectivity index (χ0v) is 15.1. The Hall–Kier alpha value is -3.00. The van der Waals surface area contributed by atoms with Crippen molar-refractivity contribution < 1.29 is 9.13 Å². The molecule has 0 radical (unpaired) electrons. The third-order valence-corrected chi connectivity index (χ3v) is 4.47. The van der Waals surface area contributed by atoms with Crippen LogP contribution in [-0.4, -0.2) is 27.1 Å². The number of rotatable bonds is 3. The van der Waals surface area contributed by atoms with E-state index in [-0.39, 0.29) is 11.4 Å². The van der Waals surface area contributed by atoms with Crippen molar-refractivity contribution in [3.63, 3.8) is 0 Å². The molecule has 0 atom stereocenters. The number of hydrogen-bond acceptors (Lipinski definition) is 4. The first-order valence-electron chi connectivity index (χ1n) is 7.66. The molecule has 1 N–H and O–H groups in total. The molecule has 0 saturated carbocycles. The molecule has 2 aromatic carbocycles. The zero-order chi connectivity index (χ0) is 18.3. The van der Waals surface area contributed by atoms with E-state index < -0.39 is 11.4 Å². The van der Waals surface area contributed by atoms with E-state index in [9.17, 15) is 9.18 Å². The molecule has 0 amide bonds. The Balaban J connectivity index is 1.98. The van der Waals surface area contributed by atoms with Crippen molar-refractivity contribution in [2.75, 3.05) is 7.11 Å². The van der Waals surface area contributed by atoms with Crippen molar-refractivity contribution in [2.24, 2.45) is 0 Å². The highest BCUT2D eigenvalue weighted by molar-refractivity contribution is 9.10. The summed E-state index contributed by atoms with van der Waals surface area (Å²) in [4.78, 5) is 12.5. The molecule has 0 aliphatic carbocycles. The maximum Gasteiger partial charge on any atom is 0.273 e. The van der Waals surface area contributed by atoms with Crippen molar-refractivity contribution >= 4 is 27.0 Å². The van der Waals surface area contributed by atoms with Crippen LogP contribution in [0.1, 0.15) is 0 Å². The second-order valence-corrected chi connectivity index (χ2v) is 6.44. The summed E-state index contributed by atoms with van der Waals surface area (Å²) in [5, 5.41) is 11.4. The summed E-state index contributed by atoms with van der Waals surface area (Å²) in [7, 11) is 1.41. The Labute approximate surface area is 155 Å². The molecule has 0 spiro atoms. The van der Waals surface area contributed by atoms with Crippen LogP contribution >= 0.6 is 15.9 Å². The molecule has 0 aliphatic rings. The minimum absolute atomic E-state index is 0.0372. The molecule has 2 heterocycles. The molecule has 0 unspecified atom stereocenters. The van der Waals surface area contributed by atoms with Gasteiger partial charge in [0.25, 0.3) is 5.56 Å². The number of benzene rings is 2. The second-order valence-electron chi connectivity index (χ2n) is 5.53. The number of aromatic nitrogens is 4. The fourth-order valence-electron chi connectivity index (χ4n) is 2.72. The van der Waals surface area contributed by atoms with Crippen molar-refractivity contribution in [3.8, 4) is 22.7 Å². The predicted octanol–water partition coefficient (Wildman–Crippen LogP) is 3.69. The fourth-order valence-corrected chi connectivity index (χ4v) is 2.98. The number of nitrogens with one attached hydrogen (secondary N) is 1. The van der Waals surface area contributed by atoms with Crippen LogP contribution in [0.2, 0.25) is 0 Å². The number of ether oxygens (including phenoxy) is 1. The topological polar surface area (TPSA) is 72.8 Å². The largest absolute Gasteiger partial charge is 0.494 e. The average molecular weight is 415 g/mol. The van der Waals surface area contributed by atoms with Crippen molar-refractivity contribution in [2.45, 2.75) is 0 Å². The summed E-state index contributed by atoms with van der Waals surface area (Å²) in [6.07, 6.45) is 0. The lowest BCUT2D eigenvalue weighted by Crippen LogP contribution is -2.21. The number of aromatic amines is 1. The number of fused-ring (bicyclic) bond motifs is 1. The van der Waals surface area contributed by atoms with Crippen LogP contribution in [0.25, 0.3) is 28.0 Å². The molecule has 4 rings (SSSR count). The van der Waals surface area contributed by atoms with Crippen LogP contribution in [0.15, 0.2) is 57.8 Å². The van der Waals surface area contributed by atoms with Gasteiger partial charge in [-0.1, -0.05) is 34.1 Å². The molecule has 0 fully saturated rings. The number of H-pyrrole nitrogens is 1. The van der Waals surface area contributed by atoms with E-state index in [0.717, 1.165) is 14.7 Å².